The molecule has 0 aromatic rings. The summed E-state index contributed by atoms with van der Waals surface area (Å²) in [5.41, 5.74) is -0.461. The average molecular weight is 259 g/mol. The topological polar surface area (TPSA) is 55.8 Å². The van der Waals surface area contributed by atoms with Crippen LogP contribution < -0.4 is 0 Å². The number of hydrogen-bond donors (Lipinski definition) is 0. The van der Waals surface area contributed by atoms with Crippen molar-refractivity contribution in [1.29, 1.82) is 0 Å². The maximum atomic E-state index is 11.7. The second-order valence-corrected chi connectivity index (χ2v) is 5.40. The monoisotopic (exact) mass is 259 g/mol. The van der Waals surface area contributed by atoms with Crippen LogP contribution in [0.2, 0.25) is 0 Å². The van der Waals surface area contributed by atoms with E-state index < -0.39 is 5.60 Å². The summed E-state index contributed by atoms with van der Waals surface area (Å²) in [6.07, 6.45) is 1.66. The summed E-state index contributed by atoms with van der Waals surface area (Å²) < 4.78 is 5.27. The number of amides is 1. The van der Waals surface area contributed by atoms with Gasteiger partial charge in [-0.3, -0.25) is 14.4 Å². The molecule has 5 nitrogen and oxygen atoms in total. The minimum absolute atomic E-state index is 0.0890. The lowest BCUT2D eigenvalue weighted by molar-refractivity contribution is -0.169. The Morgan fingerprint density at radius 1 is 1.28 bits per heavy atom. The molecule has 1 atom stereocenters. The number of esters is 1. The molecule has 0 spiro atoms. The van der Waals surface area contributed by atoms with E-state index in [0.29, 0.717) is 19.3 Å². The molecule has 1 amide bonds. The van der Waals surface area contributed by atoms with Crippen LogP contribution in [0, 0.1) is 5.92 Å². The van der Waals surface area contributed by atoms with Crippen molar-refractivity contribution in [2.24, 2.45) is 5.92 Å². The summed E-state index contributed by atoms with van der Waals surface area (Å²) >= 11 is 0. The first-order valence-electron chi connectivity index (χ1n) is 6.21. The van der Waals surface area contributed by atoms with Crippen LogP contribution in [0.4, 0.5) is 0 Å². The lowest BCUT2D eigenvalue weighted by Crippen LogP contribution is -2.28. The van der Waals surface area contributed by atoms with E-state index >= 15 is 0 Å². The molecule has 1 unspecified atom stereocenters. The number of carbonyl (C=O) groups is 2. The van der Waals surface area contributed by atoms with Crippen LogP contribution in [0.1, 0.15) is 47.0 Å². The molecule has 0 rings (SSSR count). The van der Waals surface area contributed by atoms with Gasteiger partial charge in [-0.2, -0.15) is 0 Å². The Hall–Kier alpha value is -1.10. The van der Waals surface area contributed by atoms with Crippen LogP contribution >= 0.6 is 0 Å². The molecule has 0 heterocycles. The van der Waals surface area contributed by atoms with Gasteiger partial charge in [-0.05, 0) is 33.6 Å². The van der Waals surface area contributed by atoms with Crippen LogP contribution in [0.15, 0.2) is 0 Å². The van der Waals surface area contributed by atoms with Gasteiger partial charge in [0.1, 0.15) is 5.60 Å². The van der Waals surface area contributed by atoms with E-state index in [4.69, 9.17) is 9.57 Å². The molecular weight excluding hydrogens is 234 g/mol. The molecule has 0 aromatic heterocycles. The Morgan fingerprint density at radius 3 is 2.28 bits per heavy atom. The van der Waals surface area contributed by atoms with Crippen molar-refractivity contribution in [2.45, 2.75) is 52.6 Å². The Bertz CT molecular complexity index is 283. The van der Waals surface area contributed by atoms with Crippen molar-refractivity contribution in [2.75, 3.05) is 14.2 Å². The van der Waals surface area contributed by atoms with Crippen LogP contribution in [-0.2, 0) is 19.2 Å². The number of carbonyl (C=O) groups excluding carboxylic acids is 2. The molecule has 0 saturated heterocycles. The van der Waals surface area contributed by atoms with Gasteiger partial charge >= 0.3 is 5.97 Å². The molecule has 0 N–H and O–H groups in total. The second-order valence-electron chi connectivity index (χ2n) is 5.40. The van der Waals surface area contributed by atoms with Gasteiger partial charge in [-0.1, -0.05) is 6.92 Å². The summed E-state index contributed by atoms with van der Waals surface area (Å²) in [6.45, 7) is 7.34. The Kier molecular flexibility index (Phi) is 6.91. The molecule has 106 valence electrons. The van der Waals surface area contributed by atoms with Crippen molar-refractivity contribution in [3.05, 3.63) is 0 Å². The van der Waals surface area contributed by atoms with Gasteiger partial charge in [0.05, 0.1) is 13.0 Å². The van der Waals surface area contributed by atoms with E-state index in [1.165, 1.54) is 12.2 Å². The van der Waals surface area contributed by atoms with E-state index in [2.05, 4.69) is 0 Å². The quantitative estimate of drug-likeness (QED) is 0.542. The standard InChI is InChI=1S/C13H25NO4/c1-10(12(16)18-13(2,3)4)8-7-9-11(15)14(5)17-6/h10H,7-9H2,1-6H3. The largest absolute Gasteiger partial charge is 0.460 e. The lowest BCUT2D eigenvalue weighted by atomic mass is 10.0. The highest BCUT2D eigenvalue weighted by molar-refractivity contribution is 5.75. The fourth-order valence-corrected chi connectivity index (χ4v) is 1.34. The molecular formula is C13H25NO4. The Morgan fingerprint density at radius 2 is 1.83 bits per heavy atom. The number of hydroxylamine groups is 2. The number of ether oxygens (including phenoxy) is 1. The summed E-state index contributed by atoms with van der Waals surface area (Å²) in [7, 11) is 3.01. The highest BCUT2D eigenvalue weighted by Crippen LogP contribution is 2.15. The zero-order valence-electron chi connectivity index (χ0n) is 12.3. The van der Waals surface area contributed by atoms with E-state index in [9.17, 15) is 9.59 Å². The lowest BCUT2D eigenvalue weighted by Gasteiger charge is -2.22. The summed E-state index contributed by atoms with van der Waals surface area (Å²) in [6, 6.07) is 0. The third kappa shape index (κ3) is 7.27. The molecule has 0 aromatic carbocycles. The highest BCUT2D eigenvalue weighted by Gasteiger charge is 2.21. The predicted molar refractivity (Wildman–Crippen MR) is 68.6 cm³/mol. The van der Waals surface area contributed by atoms with Gasteiger partial charge in [-0.15, -0.1) is 0 Å². The summed E-state index contributed by atoms with van der Waals surface area (Å²) in [4.78, 5) is 27.9. The Labute approximate surface area is 109 Å². The van der Waals surface area contributed by atoms with Crippen molar-refractivity contribution < 1.29 is 19.2 Å². The first-order valence-corrected chi connectivity index (χ1v) is 6.21. The zero-order valence-corrected chi connectivity index (χ0v) is 12.3. The number of nitrogens with zero attached hydrogens (tertiary/aromatic N) is 1. The van der Waals surface area contributed by atoms with Crippen molar-refractivity contribution in [3.8, 4) is 0 Å². The molecule has 0 aliphatic heterocycles. The molecule has 0 bridgehead atoms. The average Bonchev–Trinajstić information content (AvgIpc) is 2.25. The summed E-state index contributed by atoms with van der Waals surface area (Å²) in [5, 5.41) is 1.19. The zero-order chi connectivity index (χ0) is 14.3. The SMILES string of the molecule is CON(C)C(=O)CCCC(C)C(=O)OC(C)(C)C. The van der Waals surface area contributed by atoms with E-state index in [1.54, 1.807) is 7.05 Å². The normalized spacial score (nSPS) is 13.0. The van der Waals surface area contributed by atoms with E-state index in [-0.39, 0.29) is 17.8 Å². The van der Waals surface area contributed by atoms with Crippen molar-refractivity contribution in [3.63, 3.8) is 0 Å². The first kappa shape index (κ1) is 16.9. The minimum atomic E-state index is -0.461. The van der Waals surface area contributed by atoms with Gasteiger partial charge in [0.2, 0.25) is 5.91 Å². The third-order valence-electron chi connectivity index (χ3n) is 2.46. The Balaban J connectivity index is 3.94. The van der Waals surface area contributed by atoms with Gasteiger partial charge in [0, 0.05) is 13.5 Å². The van der Waals surface area contributed by atoms with Gasteiger partial charge in [0.25, 0.3) is 0 Å². The second kappa shape index (κ2) is 7.36. The molecule has 0 aliphatic carbocycles. The number of rotatable bonds is 6. The van der Waals surface area contributed by atoms with Crippen LogP contribution in [0.5, 0.6) is 0 Å². The molecule has 18 heavy (non-hydrogen) atoms. The molecule has 5 heteroatoms. The predicted octanol–water partition coefficient (Wildman–Crippen LogP) is 2.15. The molecule has 0 saturated carbocycles. The van der Waals surface area contributed by atoms with Gasteiger partial charge < -0.3 is 4.74 Å². The third-order valence-corrected chi connectivity index (χ3v) is 2.46. The molecule has 0 aliphatic rings. The first-order chi connectivity index (χ1) is 8.17. The van der Waals surface area contributed by atoms with Crippen molar-refractivity contribution in [1.82, 2.24) is 5.06 Å². The van der Waals surface area contributed by atoms with Crippen LogP contribution in [0.25, 0.3) is 0 Å². The van der Waals surface area contributed by atoms with Crippen LogP contribution in [-0.4, -0.2) is 36.7 Å². The fourth-order valence-electron chi connectivity index (χ4n) is 1.34. The van der Waals surface area contributed by atoms with E-state index in [1.807, 2.05) is 27.7 Å². The summed E-state index contributed by atoms with van der Waals surface area (Å²) in [5.74, 6) is -0.492. The fraction of sp³-hybridized carbons (Fsp3) is 0.846. The highest BCUT2D eigenvalue weighted by atomic mass is 16.7. The number of hydrogen-bond acceptors (Lipinski definition) is 4. The van der Waals surface area contributed by atoms with Crippen molar-refractivity contribution >= 4 is 11.9 Å². The maximum absolute atomic E-state index is 11.7. The molecule has 0 radical (unpaired) electrons. The smallest absolute Gasteiger partial charge is 0.309 e. The van der Waals surface area contributed by atoms with Gasteiger partial charge in [0.15, 0.2) is 0 Å². The van der Waals surface area contributed by atoms with E-state index in [0.717, 1.165) is 0 Å². The van der Waals surface area contributed by atoms with Crippen LogP contribution in [0.3, 0.4) is 0 Å². The minimum Gasteiger partial charge on any atom is -0.460 e. The maximum Gasteiger partial charge on any atom is 0.309 e. The molecule has 0 fully saturated rings. The van der Waals surface area contributed by atoms with Gasteiger partial charge in [-0.25, -0.2) is 5.06 Å².